The topological polar surface area (TPSA) is 28.4 Å². The first-order chi connectivity index (χ1) is 8.21. The molecule has 0 aromatic carbocycles. The van der Waals surface area contributed by atoms with Gasteiger partial charge in [0.1, 0.15) is 11.5 Å². The lowest BCUT2D eigenvalue weighted by atomic mass is 10.2. The summed E-state index contributed by atoms with van der Waals surface area (Å²) >= 11 is 0. The molecule has 1 N–H and O–H groups in total. The van der Waals surface area contributed by atoms with Crippen molar-refractivity contribution in [3.8, 4) is 0 Å². The normalized spacial score (nSPS) is 11.4. The van der Waals surface area contributed by atoms with E-state index >= 15 is 0 Å². The van der Waals surface area contributed by atoms with Crippen LogP contribution in [0.5, 0.6) is 0 Å². The van der Waals surface area contributed by atoms with Gasteiger partial charge in [-0.25, -0.2) is 0 Å². The average Bonchev–Trinajstić information content (AvgIpc) is 2.66. The highest BCUT2D eigenvalue weighted by atomic mass is 16.3. The van der Waals surface area contributed by atoms with Crippen LogP contribution in [0.25, 0.3) is 0 Å². The van der Waals surface area contributed by atoms with Crippen molar-refractivity contribution in [2.45, 2.75) is 46.7 Å². The predicted molar refractivity (Wildman–Crippen MR) is 72.1 cm³/mol. The van der Waals surface area contributed by atoms with E-state index in [0.29, 0.717) is 0 Å². The average molecular weight is 238 g/mol. The summed E-state index contributed by atoms with van der Waals surface area (Å²) in [6.45, 7) is 10.5. The van der Waals surface area contributed by atoms with Gasteiger partial charge in [0.2, 0.25) is 0 Å². The quantitative estimate of drug-likeness (QED) is 0.755. The molecule has 3 heteroatoms. The van der Waals surface area contributed by atoms with E-state index in [4.69, 9.17) is 4.42 Å². The zero-order chi connectivity index (χ0) is 12.7. The van der Waals surface area contributed by atoms with Crippen molar-refractivity contribution in [1.29, 1.82) is 0 Å². The SMILES string of the molecule is CCCCN(CC)Cc1cc(C)c(CNC)o1. The minimum Gasteiger partial charge on any atom is -0.463 e. The molecule has 3 nitrogen and oxygen atoms in total. The minimum absolute atomic E-state index is 0.812. The van der Waals surface area contributed by atoms with Gasteiger partial charge in [0.25, 0.3) is 0 Å². The van der Waals surface area contributed by atoms with Crippen LogP contribution in [0, 0.1) is 6.92 Å². The monoisotopic (exact) mass is 238 g/mol. The fraction of sp³-hybridized carbons (Fsp3) is 0.714. The van der Waals surface area contributed by atoms with E-state index in [1.54, 1.807) is 0 Å². The van der Waals surface area contributed by atoms with Gasteiger partial charge in [-0.15, -0.1) is 0 Å². The van der Waals surface area contributed by atoms with Gasteiger partial charge in [0.05, 0.1) is 13.1 Å². The molecule has 1 aromatic heterocycles. The van der Waals surface area contributed by atoms with Crippen molar-refractivity contribution >= 4 is 0 Å². The number of hydrogen-bond donors (Lipinski definition) is 1. The number of nitrogens with one attached hydrogen (secondary N) is 1. The third-order valence-corrected chi connectivity index (χ3v) is 3.06. The molecule has 17 heavy (non-hydrogen) atoms. The fourth-order valence-electron chi connectivity index (χ4n) is 1.96. The highest BCUT2D eigenvalue weighted by Crippen LogP contribution is 2.16. The van der Waals surface area contributed by atoms with Crippen molar-refractivity contribution < 1.29 is 4.42 Å². The zero-order valence-corrected chi connectivity index (χ0v) is 11.7. The molecule has 98 valence electrons. The van der Waals surface area contributed by atoms with Gasteiger partial charge < -0.3 is 9.73 Å². The van der Waals surface area contributed by atoms with Crippen molar-refractivity contribution in [3.05, 3.63) is 23.2 Å². The number of hydrogen-bond acceptors (Lipinski definition) is 3. The van der Waals surface area contributed by atoms with E-state index in [9.17, 15) is 0 Å². The van der Waals surface area contributed by atoms with Crippen molar-refractivity contribution in [1.82, 2.24) is 10.2 Å². The van der Waals surface area contributed by atoms with Crippen LogP contribution >= 0.6 is 0 Å². The van der Waals surface area contributed by atoms with Crippen molar-refractivity contribution in [2.24, 2.45) is 0 Å². The summed E-state index contributed by atoms with van der Waals surface area (Å²) in [6, 6.07) is 2.17. The van der Waals surface area contributed by atoms with E-state index in [1.807, 2.05) is 7.05 Å². The van der Waals surface area contributed by atoms with Gasteiger partial charge in [0.15, 0.2) is 0 Å². The van der Waals surface area contributed by atoms with Crippen molar-refractivity contribution in [2.75, 3.05) is 20.1 Å². The van der Waals surface area contributed by atoms with Crippen LogP contribution in [0.2, 0.25) is 0 Å². The maximum absolute atomic E-state index is 5.86. The molecule has 0 radical (unpaired) electrons. The Kier molecular flexibility index (Phi) is 6.30. The highest BCUT2D eigenvalue weighted by molar-refractivity contribution is 5.19. The van der Waals surface area contributed by atoms with E-state index < -0.39 is 0 Å². The Morgan fingerprint density at radius 1 is 1.35 bits per heavy atom. The summed E-state index contributed by atoms with van der Waals surface area (Å²) < 4.78 is 5.86. The van der Waals surface area contributed by atoms with Gasteiger partial charge in [-0.3, -0.25) is 4.90 Å². The smallest absolute Gasteiger partial charge is 0.120 e. The lowest BCUT2D eigenvalue weighted by Crippen LogP contribution is -2.23. The Morgan fingerprint density at radius 2 is 2.12 bits per heavy atom. The van der Waals surface area contributed by atoms with Crippen LogP contribution in [0.3, 0.4) is 0 Å². The first kappa shape index (κ1) is 14.3. The molecule has 1 heterocycles. The van der Waals surface area contributed by atoms with Crippen LogP contribution < -0.4 is 5.32 Å². The van der Waals surface area contributed by atoms with Gasteiger partial charge in [0, 0.05) is 0 Å². The maximum atomic E-state index is 5.86. The first-order valence-corrected chi connectivity index (χ1v) is 6.66. The van der Waals surface area contributed by atoms with E-state index in [-0.39, 0.29) is 0 Å². The first-order valence-electron chi connectivity index (χ1n) is 6.66. The molecule has 0 spiro atoms. The summed E-state index contributed by atoms with van der Waals surface area (Å²) in [5.74, 6) is 2.15. The Hall–Kier alpha value is -0.800. The van der Waals surface area contributed by atoms with Gasteiger partial charge in [-0.2, -0.15) is 0 Å². The second-order valence-corrected chi connectivity index (χ2v) is 4.57. The predicted octanol–water partition coefficient (Wildman–Crippen LogP) is 2.93. The van der Waals surface area contributed by atoms with E-state index in [1.165, 1.54) is 18.4 Å². The third kappa shape index (κ3) is 4.52. The second-order valence-electron chi connectivity index (χ2n) is 4.57. The third-order valence-electron chi connectivity index (χ3n) is 3.06. The molecule has 1 rings (SSSR count). The number of nitrogens with zero attached hydrogens (tertiary/aromatic N) is 1. The van der Waals surface area contributed by atoms with Gasteiger partial charge >= 0.3 is 0 Å². The highest BCUT2D eigenvalue weighted by Gasteiger charge is 2.10. The summed E-state index contributed by atoms with van der Waals surface area (Å²) in [5.41, 5.74) is 1.25. The summed E-state index contributed by atoms with van der Waals surface area (Å²) in [7, 11) is 1.95. The van der Waals surface area contributed by atoms with Crippen molar-refractivity contribution in [3.63, 3.8) is 0 Å². The Morgan fingerprint density at radius 3 is 2.71 bits per heavy atom. The molecule has 0 saturated carbocycles. The Balaban J connectivity index is 2.56. The molecule has 0 fully saturated rings. The number of rotatable bonds is 8. The molecule has 0 aliphatic carbocycles. The second kappa shape index (κ2) is 7.51. The minimum atomic E-state index is 0.812. The largest absolute Gasteiger partial charge is 0.463 e. The molecule has 1 aromatic rings. The number of aryl methyl sites for hydroxylation is 1. The molecule has 0 aliphatic heterocycles. The fourth-order valence-corrected chi connectivity index (χ4v) is 1.96. The van der Waals surface area contributed by atoms with Crippen LogP contribution in [0.4, 0.5) is 0 Å². The zero-order valence-electron chi connectivity index (χ0n) is 11.7. The lowest BCUT2D eigenvalue weighted by Gasteiger charge is -2.18. The van der Waals surface area contributed by atoms with E-state index in [2.05, 4.69) is 37.1 Å². The molecule has 0 saturated heterocycles. The molecular weight excluding hydrogens is 212 g/mol. The molecule has 0 bridgehead atoms. The van der Waals surface area contributed by atoms with Crippen LogP contribution in [-0.4, -0.2) is 25.0 Å². The Labute approximate surface area is 105 Å². The Bertz CT molecular complexity index is 320. The van der Waals surface area contributed by atoms with Gasteiger partial charge in [-0.05, 0) is 45.1 Å². The molecule has 0 amide bonds. The standard InChI is InChI=1S/C14H26N2O/c1-5-7-8-16(6-2)11-13-9-12(3)14(17-13)10-15-4/h9,15H,5-8,10-11H2,1-4H3. The molecule has 0 unspecified atom stereocenters. The molecule has 0 atom stereocenters. The van der Waals surface area contributed by atoms with Gasteiger partial charge in [-0.1, -0.05) is 20.3 Å². The number of furan rings is 1. The summed E-state index contributed by atoms with van der Waals surface area (Å²) in [4.78, 5) is 2.44. The molecule has 0 aliphatic rings. The summed E-state index contributed by atoms with van der Waals surface area (Å²) in [5, 5.41) is 3.13. The number of unbranched alkanes of at least 4 members (excludes halogenated alkanes) is 1. The van der Waals surface area contributed by atoms with Crippen LogP contribution in [-0.2, 0) is 13.1 Å². The van der Waals surface area contributed by atoms with Crippen LogP contribution in [0.15, 0.2) is 10.5 Å². The van der Waals surface area contributed by atoms with Crippen LogP contribution in [0.1, 0.15) is 43.8 Å². The maximum Gasteiger partial charge on any atom is 0.120 e. The summed E-state index contributed by atoms with van der Waals surface area (Å²) in [6.07, 6.45) is 2.51. The lowest BCUT2D eigenvalue weighted by molar-refractivity contribution is 0.249. The molecular formula is C14H26N2O. The van der Waals surface area contributed by atoms with E-state index in [0.717, 1.165) is 37.7 Å².